The van der Waals surface area contributed by atoms with Gasteiger partial charge in [-0.2, -0.15) is 0 Å². The lowest BCUT2D eigenvalue weighted by molar-refractivity contribution is 0.395. The number of ether oxygens (including phenoxy) is 1. The Morgan fingerprint density at radius 1 is 1.24 bits per heavy atom. The SMILES string of the molecule is COc1nc(-c2cccc(Br)c2Cl)ccc1C. The number of hydrogen-bond acceptors (Lipinski definition) is 2. The molecule has 0 saturated heterocycles. The van der Waals surface area contributed by atoms with Gasteiger partial charge in [0.05, 0.1) is 17.8 Å². The molecule has 0 spiro atoms. The molecule has 0 atom stereocenters. The summed E-state index contributed by atoms with van der Waals surface area (Å²) in [6.07, 6.45) is 0. The number of benzene rings is 1. The highest BCUT2D eigenvalue weighted by Gasteiger charge is 2.09. The maximum Gasteiger partial charge on any atom is 0.216 e. The molecule has 1 aromatic heterocycles. The predicted molar refractivity (Wildman–Crippen MR) is 73.7 cm³/mol. The maximum absolute atomic E-state index is 6.24. The van der Waals surface area contributed by atoms with Crippen LogP contribution < -0.4 is 4.74 Å². The lowest BCUT2D eigenvalue weighted by Crippen LogP contribution is -1.93. The average molecular weight is 313 g/mol. The number of rotatable bonds is 2. The third kappa shape index (κ3) is 2.45. The van der Waals surface area contributed by atoms with E-state index in [0.29, 0.717) is 10.9 Å². The van der Waals surface area contributed by atoms with E-state index in [-0.39, 0.29) is 0 Å². The van der Waals surface area contributed by atoms with Crippen molar-refractivity contribution < 1.29 is 4.74 Å². The number of methoxy groups -OCH3 is 1. The van der Waals surface area contributed by atoms with Crippen LogP contribution in [0.1, 0.15) is 5.56 Å². The molecule has 2 aromatic rings. The molecule has 0 aliphatic heterocycles. The summed E-state index contributed by atoms with van der Waals surface area (Å²) in [5.41, 5.74) is 2.69. The van der Waals surface area contributed by atoms with E-state index >= 15 is 0 Å². The first kappa shape index (κ1) is 12.4. The predicted octanol–water partition coefficient (Wildman–Crippen LogP) is 4.48. The second-order valence-corrected chi connectivity index (χ2v) is 4.86. The Kier molecular flexibility index (Phi) is 3.69. The summed E-state index contributed by atoms with van der Waals surface area (Å²) in [7, 11) is 1.61. The Morgan fingerprint density at radius 3 is 2.71 bits per heavy atom. The van der Waals surface area contributed by atoms with E-state index in [1.165, 1.54) is 0 Å². The minimum absolute atomic E-state index is 0.624. The van der Waals surface area contributed by atoms with Crippen molar-refractivity contribution in [1.82, 2.24) is 4.98 Å². The van der Waals surface area contributed by atoms with Crippen LogP contribution in [-0.4, -0.2) is 12.1 Å². The number of aryl methyl sites for hydroxylation is 1. The molecule has 0 aliphatic carbocycles. The van der Waals surface area contributed by atoms with Gasteiger partial charge in [-0.15, -0.1) is 0 Å². The fraction of sp³-hybridized carbons (Fsp3) is 0.154. The molecule has 2 nitrogen and oxygen atoms in total. The molecule has 0 N–H and O–H groups in total. The summed E-state index contributed by atoms with van der Waals surface area (Å²) in [6.45, 7) is 1.96. The van der Waals surface area contributed by atoms with Crippen molar-refractivity contribution in [3.63, 3.8) is 0 Å². The van der Waals surface area contributed by atoms with Gasteiger partial charge in [0.1, 0.15) is 0 Å². The fourth-order valence-corrected chi connectivity index (χ4v) is 2.16. The Morgan fingerprint density at radius 2 is 2.00 bits per heavy atom. The number of aromatic nitrogens is 1. The third-order valence-electron chi connectivity index (χ3n) is 2.47. The van der Waals surface area contributed by atoms with E-state index in [1.54, 1.807) is 7.11 Å². The highest BCUT2D eigenvalue weighted by Crippen LogP contribution is 2.33. The second-order valence-electron chi connectivity index (χ2n) is 3.62. The summed E-state index contributed by atoms with van der Waals surface area (Å²) in [6, 6.07) is 9.67. The zero-order valence-corrected chi connectivity index (χ0v) is 11.8. The molecule has 0 saturated carbocycles. The van der Waals surface area contributed by atoms with Gasteiger partial charge < -0.3 is 4.74 Å². The smallest absolute Gasteiger partial charge is 0.216 e. The summed E-state index contributed by atoms with van der Waals surface area (Å²) < 4.78 is 6.07. The number of nitrogens with zero attached hydrogens (tertiary/aromatic N) is 1. The van der Waals surface area contributed by atoms with E-state index in [2.05, 4.69) is 20.9 Å². The van der Waals surface area contributed by atoms with Crippen LogP contribution >= 0.6 is 27.5 Å². The molecule has 2 rings (SSSR count). The molecule has 0 aliphatic rings. The van der Waals surface area contributed by atoms with Gasteiger partial charge in [-0.1, -0.05) is 29.8 Å². The van der Waals surface area contributed by atoms with Crippen molar-refractivity contribution in [1.29, 1.82) is 0 Å². The van der Waals surface area contributed by atoms with Gasteiger partial charge in [0, 0.05) is 15.6 Å². The lowest BCUT2D eigenvalue weighted by Gasteiger charge is -2.08. The normalized spacial score (nSPS) is 10.4. The number of pyridine rings is 1. The van der Waals surface area contributed by atoms with Gasteiger partial charge in [-0.3, -0.25) is 0 Å². The molecule has 17 heavy (non-hydrogen) atoms. The van der Waals surface area contributed by atoms with Crippen LogP contribution in [0.3, 0.4) is 0 Å². The Balaban J connectivity index is 2.57. The van der Waals surface area contributed by atoms with E-state index in [4.69, 9.17) is 16.3 Å². The van der Waals surface area contributed by atoms with Gasteiger partial charge in [0.15, 0.2) is 0 Å². The van der Waals surface area contributed by atoms with Crippen LogP contribution in [0.15, 0.2) is 34.8 Å². The summed E-state index contributed by atoms with van der Waals surface area (Å²) in [5.74, 6) is 0.624. The van der Waals surface area contributed by atoms with Crippen LogP contribution in [-0.2, 0) is 0 Å². The van der Waals surface area contributed by atoms with Crippen LogP contribution in [0.25, 0.3) is 11.3 Å². The minimum atomic E-state index is 0.624. The van der Waals surface area contributed by atoms with E-state index in [9.17, 15) is 0 Å². The van der Waals surface area contributed by atoms with Gasteiger partial charge in [-0.05, 0) is 35.0 Å². The molecule has 4 heteroatoms. The van der Waals surface area contributed by atoms with Crippen molar-refractivity contribution in [2.75, 3.05) is 7.11 Å². The molecule has 0 bridgehead atoms. The van der Waals surface area contributed by atoms with Gasteiger partial charge in [0.2, 0.25) is 5.88 Å². The molecule has 1 heterocycles. The Hall–Kier alpha value is -1.06. The average Bonchev–Trinajstić information content (AvgIpc) is 2.34. The Bertz CT molecular complexity index is 557. The topological polar surface area (TPSA) is 22.1 Å². The third-order valence-corrected chi connectivity index (χ3v) is 3.77. The number of hydrogen-bond donors (Lipinski definition) is 0. The van der Waals surface area contributed by atoms with Gasteiger partial charge in [0.25, 0.3) is 0 Å². The van der Waals surface area contributed by atoms with Gasteiger partial charge in [-0.25, -0.2) is 4.98 Å². The highest BCUT2D eigenvalue weighted by atomic mass is 79.9. The van der Waals surface area contributed by atoms with Gasteiger partial charge >= 0.3 is 0 Å². The van der Waals surface area contributed by atoms with E-state index in [0.717, 1.165) is 21.3 Å². The monoisotopic (exact) mass is 311 g/mol. The molecule has 1 aromatic carbocycles. The van der Waals surface area contributed by atoms with Crippen molar-refractivity contribution in [3.8, 4) is 17.1 Å². The first-order valence-electron chi connectivity index (χ1n) is 5.09. The molecular formula is C13H11BrClNO. The first-order chi connectivity index (χ1) is 8.13. The van der Waals surface area contributed by atoms with Crippen LogP contribution in [0.2, 0.25) is 5.02 Å². The molecular weight excluding hydrogens is 302 g/mol. The molecule has 0 fully saturated rings. The summed E-state index contributed by atoms with van der Waals surface area (Å²) in [4.78, 5) is 4.44. The largest absolute Gasteiger partial charge is 0.481 e. The Labute approximate surface area is 114 Å². The number of halogens is 2. The molecule has 0 unspecified atom stereocenters. The van der Waals surface area contributed by atoms with Crippen molar-refractivity contribution in [2.24, 2.45) is 0 Å². The van der Waals surface area contributed by atoms with Crippen LogP contribution in [0, 0.1) is 6.92 Å². The standard InChI is InChI=1S/C13H11BrClNO/c1-8-6-7-11(16-13(8)17-2)9-4-3-5-10(14)12(9)15/h3-7H,1-2H3. The zero-order valence-electron chi connectivity index (χ0n) is 9.50. The second kappa shape index (κ2) is 5.07. The van der Waals surface area contributed by atoms with Crippen LogP contribution in [0.5, 0.6) is 5.88 Å². The van der Waals surface area contributed by atoms with E-state index < -0.39 is 0 Å². The maximum atomic E-state index is 6.24. The lowest BCUT2D eigenvalue weighted by atomic mass is 10.1. The molecule has 0 radical (unpaired) electrons. The van der Waals surface area contributed by atoms with Crippen LogP contribution in [0.4, 0.5) is 0 Å². The quantitative estimate of drug-likeness (QED) is 0.815. The van der Waals surface area contributed by atoms with Crippen molar-refractivity contribution >= 4 is 27.5 Å². The van der Waals surface area contributed by atoms with E-state index in [1.807, 2.05) is 37.3 Å². The highest BCUT2D eigenvalue weighted by molar-refractivity contribution is 9.10. The zero-order chi connectivity index (χ0) is 12.4. The van der Waals surface area contributed by atoms with Crippen molar-refractivity contribution in [2.45, 2.75) is 6.92 Å². The minimum Gasteiger partial charge on any atom is -0.481 e. The summed E-state index contributed by atoms with van der Waals surface area (Å²) in [5, 5.41) is 0.658. The molecule has 0 amide bonds. The molecule has 88 valence electrons. The van der Waals surface area contributed by atoms with Crippen molar-refractivity contribution in [3.05, 3.63) is 45.4 Å². The first-order valence-corrected chi connectivity index (χ1v) is 6.26. The fourth-order valence-electron chi connectivity index (χ4n) is 1.57. The summed E-state index contributed by atoms with van der Waals surface area (Å²) >= 11 is 9.64.